The van der Waals surface area contributed by atoms with Crippen LogP contribution in [0.25, 0.3) is 0 Å². The maximum Gasteiger partial charge on any atom is 0.316 e. The van der Waals surface area contributed by atoms with Gasteiger partial charge in [-0.05, 0) is 17.7 Å². The predicted octanol–water partition coefficient (Wildman–Crippen LogP) is 1.06. The number of nitrogens with one attached hydrogen (secondary N) is 2. The standard InChI is InChI=1S/C13H21N3O2/c1-16(2)13(17)15-8-7-14-10-11-5-4-6-12(9-11)18-3/h4-6,9,14H,7-8,10H2,1-3H3,(H,15,17). The molecule has 2 amide bonds. The molecule has 18 heavy (non-hydrogen) atoms. The lowest BCUT2D eigenvalue weighted by Gasteiger charge is -2.12. The number of methoxy groups -OCH3 is 1. The minimum Gasteiger partial charge on any atom is -0.497 e. The average molecular weight is 251 g/mol. The molecule has 0 fully saturated rings. The van der Waals surface area contributed by atoms with E-state index in [9.17, 15) is 4.79 Å². The summed E-state index contributed by atoms with van der Waals surface area (Å²) in [5.41, 5.74) is 1.16. The Bertz CT molecular complexity index is 380. The van der Waals surface area contributed by atoms with Crippen LogP contribution < -0.4 is 15.4 Å². The first-order chi connectivity index (χ1) is 8.63. The van der Waals surface area contributed by atoms with Gasteiger partial charge in [-0.3, -0.25) is 0 Å². The third-order valence-electron chi connectivity index (χ3n) is 2.45. The van der Waals surface area contributed by atoms with Crippen molar-refractivity contribution < 1.29 is 9.53 Å². The van der Waals surface area contributed by atoms with Crippen LogP contribution in [0.3, 0.4) is 0 Å². The number of rotatable bonds is 6. The molecule has 0 atom stereocenters. The Hall–Kier alpha value is -1.75. The number of hydrogen-bond acceptors (Lipinski definition) is 3. The second-order valence-corrected chi connectivity index (χ2v) is 4.15. The summed E-state index contributed by atoms with van der Waals surface area (Å²) >= 11 is 0. The van der Waals surface area contributed by atoms with Crippen molar-refractivity contribution in [2.45, 2.75) is 6.54 Å². The van der Waals surface area contributed by atoms with Crippen molar-refractivity contribution in [1.29, 1.82) is 0 Å². The maximum atomic E-state index is 11.2. The Morgan fingerprint density at radius 3 is 2.78 bits per heavy atom. The number of urea groups is 1. The molecular weight excluding hydrogens is 230 g/mol. The van der Waals surface area contributed by atoms with Gasteiger partial charge >= 0.3 is 6.03 Å². The molecule has 0 bridgehead atoms. The lowest BCUT2D eigenvalue weighted by atomic mass is 10.2. The Balaban J connectivity index is 2.19. The van der Waals surface area contributed by atoms with Gasteiger partial charge in [-0.1, -0.05) is 12.1 Å². The van der Waals surface area contributed by atoms with Crippen LogP contribution in [0, 0.1) is 0 Å². The Kier molecular flexibility index (Phi) is 6.00. The van der Waals surface area contributed by atoms with Gasteiger partial charge in [0.1, 0.15) is 5.75 Å². The number of carbonyl (C=O) groups excluding carboxylic acids is 1. The van der Waals surface area contributed by atoms with Gasteiger partial charge in [0.15, 0.2) is 0 Å². The van der Waals surface area contributed by atoms with Crippen molar-refractivity contribution in [3.05, 3.63) is 29.8 Å². The Morgan fingerprint density at radius 2 is 2.11 bits per heavy atom. The molecule has 0 aliphatic carbocycles. The summed E-state index contributed by atoms with van der Waals surface area (Å²) in [6, 6.07) is 7.84. The van der Waals surface area contributed by atoms with Crippen LogP contribution in [0.1, 0.15) is 5.56 Å². The van der Waals surface area contributed by atoms with Crippen LogP contribution >= 0.6 is 0 Å². The predicted molar refractivity (Wildman–Crippen MR) is 71.8 cm³/mol. The van der Waals surface area contributed by atoms with Crippen LogP contribution in [0.15, 0.2) is 24.3 Å². The van der Waals surface area contributed by atoms with Gasteiger partial charge in [-0.2, -0.15) is 0 Å². The Labute approximate surface area is 108 Å². The molecule has 0 radical (unpaired) electrons. The first-order valence-corrected chi connectivity index (χ1v) is 5.92. The molecule has 0 aliphatic heterocycles. The van der Waals surface area contributed by atoms with E-state index in [1.54, 1.807) is 21.2 Å². The summed E-state index contributed by atoms with van der Waals surface area (Å²) in [4.78, 5) is 12.7. The molecule has 0 saturated carbocycles. The van der Waals surface area contributed by atoms with Crippen molar-refractivity contribution in [2.75, 3.05) is 34.3 Å². The van der Waals surface area contributed by atoms with Gasteiger partial charge in [0.25, 0.3) is 0 Å². The fourth-order valence-electron chi connectivity index (χ4n) is 1.43. The van der Waals surface area contributed by atoms with E-state index >= 15 is 0 Å². The van der Waals surface area contributed by atoms with Crippen molar-refractivity contribution in [1.82, 2.24) is 15.5 Å². The highest BCUT2D eigenvalue weighted by molar-refractivity contribution is 5.73. The minimum atomic E-state index is -0.0711. The van der Waals surface area contributed by atoms with Gasteiger partial charge in [0, 0.05) is 33.7 Å². The summed E-state index contributed by atoms with van der Waals surface area (Å²) in [7, 11) is 5.10. The summed E-state index contributed by atoms with van der Waals surface area (Å²) in [5.74, 6) is 0.857. The normalized spacial score (nSPS) is 9.94. The summed E-state index contributed by atoms with van der Waals surface area (Å²) in [5, 5.41) is 6.05. The summed E-state index contributed by atoms with van der Waals surface area (Å²) in [6.07, 6.45) is 0. The molecule has 0 heterocycles. The molecule has 5 heteroatoms. The van der Waals surface area contributed by atoms with E-state index < -0.39 is 0 Å². The second-order valence-electron chi connectivity index (χ2n) is 4.15. The quantitative estimate of drug-likeness (QED) is 0.743. The topological polar surface area (TPSA) is 53.6 Å². The third kappa shape index (κ3) is 5.05. The summed E-state index contributed by atoms with van der Waals surface area (Å²) in [6.45, 7) is 2.10. The monoisotopic (exact) mass is 251 g/mol. The number of benzene rings is 1. The van der Waals surface area contributed by atoms with E-state index in [1.807, 2.05) is 24.3 Å². The molecular formula is C13H21N3O2. The number of amides is 2. The number of hydrogen-bond donors (Lipinski definition) is 2. The fourth-order valence-corrected chi connectivity index (χ4v) is 1.43. The average Bonchev–Trinajstić information content (AvgIpc) is 2.38. The highest BCUT2D eigenvalue weighted by Gasteiger charge is 2.00. The van der Waals surface area contributed by atoms with Crippen molar-refractivity contribution in [3.63, 3.8) is 0 Å². The van der Waals surface area contributed by atoms with Gasteiger partial charge < -0.3 is 20.3 Å². The zero-order valence-electron chi connectivity index (χ0n) is 11.2. The number of carbonyl (C=O) groups is 1. The first-order valence-electron chi connectivity index (χ1n) is 5.92. The molecule has 100 valence electrons. The van der Waals surface area contributed by atoms with Crippen molar-refractivity contribution in [2.24, 2.45) is 0 Å². The minimum absolute atomic E-state index is 0.0711. The number of ether oxygens (including phenoxy) is 1. The lowest BCUT2D eigenvalue weighted by molar-refractivity contribution is 0.217. The largest absolute Gasteiger partial charge is 0.497 e. The molecule has 5 nitrogen and oxygen atoms in total. The molecule has 1 rings (SSSR count). The molecule has 1 aromatic rings. The molecule has 0 spiro atoms. The lowest BCUT2D eigenvalue weighted by Crippen LogP contribution is -2.38. The van der Waals surface area contributed by atoms with Crippen molar-refractivity contribution >= 4 is 6.03 Å². The van der Waals surface area contributed by atoms with E-state index in [1.165, 1.54) is 4.90 Å². The van der Waals surface area contributed by atoms with Crippen molar-refractivity contribution in [3.8, 4) is 5.75 Å². The van der Waals surface area contributed by atoms with Crippen LogP contribution in [-0.4, -0.2) is 45.2 Å². The van der Waals surface area contributed by atoms with E-state index in [0.717, 1.165) is 24.4 Å². The van der Waals surface area contributed by atoms with Crippen LogP contribution in [0.4, 0.5) is 4.79 Å². The van der Waals surface area contributed by atoms with Gasteiger partial charge in [-0.15, -0.1) is 0 Å². The highest BCUT2D eigenvalue weighted by Crippen LogP contribution is 2.11. The summed E-state index contributed by atoms with van der Waals surface area (Å²) < 4.78 is 5.15. The van der Waals surface area contributed by atoms with Crippen LogP contribution in [0.2, 0.25) is 0 Å². The van der Waals surface area contributed by atoms with E-state index in [0.29, 0.717) is 6.54 Å². The SMILES string of the molecule is COc1cccc(CNCCNC(=O)N(C)C)c1. The molecule has 0 aromatic heterocycles. The van der Waals surface area contributed by atoms with Crippen LogP contribution in [0.5, 0.6) is 5.75 Å². The van der Waals surface area contributed by atoms with Gasteiger partial charge in [0.05, 0.1) is 7.11 Å². The highest BCUT2D eigenvalue weighted by atomic mass is 16.5. The van der Waals surface area contributed by atoms with E-state index in [2.05, 4.69) is 10.6 Å². The molecule has 0 unspecified atom stereocenters. The van der Waals surface area contributed by atoms with Crippen LogP contribution in [-0.2, 0) is 6.54 Å². The first kappa shape index (κ1) is 14.3. The second kappa shape index (κ2) is 7.55. The van der Waals surface area contributed by atoms with E-state index in [-0.39, 0.29) is 6.03 Å². The number of nitrogens with zero attached hydrogens (tertiary/aromatic N) is 1. The maximum absolute atomic E-state index is 11.2. The third-order valence-corrected chi connectivity index (χ3v) is 2.45. The van der Waals surface area contributed by atoms with Gasteiger partial charge in [0.2, 0.25) is 0 Å². The Morgan fingerprint density at radius 1 is 1.33 bits per heavy atom. The van der Waals surface area contributed by atoms with Gasteiger partial charge in [-0.25, -0.2) is 4.79 Å². The smallest absolute Gasteiger partial charge is 0.316 e. The van der Waals surface area contributed by atoms with E-state index in [4.69, 9.17) is 4.74 Å². The fraction of sp³-hybridized carbons (Fsp3) is 0.462. The molecule has 0 saturated heterocycles. The molecule has 2 N–H and O–H groups in total. The molecule has 1 aromatic carbocycles. The zero-order chi connectivity index (χ0) is 13.4. The molecule has 0 aliphatic rings. The zero-order valence-corrected chi connectivity index (χ0v) is 11.2.